The topological polar surface area (TPSA) is 125 Å². The molecule has 0 saturated heterocycles. The molecule has 1 atom stereocenters. The highest BCUT2D eigenvalue weighted by Gasteiger charge is 2.22. The number of ether oxygens (including phenoxy) is 1. The highest BCUT2D eigenvalue weighted by molar-refractivity contribution is 5.94. The molecule has 2 rings (SSSR count). The minimum Gasteiger partial charge on any atom is -0.474 e. The first kappa shape index (κ1) is 18.8. The summed E-state index contributed by atoms with van der Waals surface area (Å²) in [5, 5.41) is 24.1. The normalized spacial score (nSPS) is 11.5. The quantitative estimate of drug-likeness (QED) is 0.620. The number of nitrogens with zero attached hydrogens (tertiary/aromatic N) is 2. The summed E-state index contributed by atoms with van der Waals surface area (Å²) in [6, 6.07) is 7.15. The maximum absolute atomic E-state index is 13.3. The van der Waals surface area contributed by atoms with Crippen LogP contribution in [0.15, 0.2) is 36.4 Å². The molecule has 0 fully saturated rings. The number of anilines is 1. The molecule has 0 bridgehead atoms. The molecular weight excluding hydrogens is 349 g/mol. The number of amides is 1. The average Bonchev–Trinajstić information content (AvgIpc) is 2.57. The second-order valence-corrected chi connectivity index (χ2v) is 5.40. The van der Waals surface area contributed by atoms with Gasteiger partial charge in [0.05, 0.1) is 9.85 Å². The molecule has 0 heterocycles. The second-order valence-electron chi connectivity index (χ2n) is 5.40. The summed E-state index contributed by atoms with van der Waals surface area (Å²) in [5.74, 6) is -1.83. The van der Waals surface area contributed by atoms with Gasteiger partial charge in [0.2, 0.25) is 5.82 Å². The number of carbonyl (C=O) groups is 1. The number of nitro groups is 2. The molecule has 0 unspecified atom stereocenters. The fourth-order valence-corrected chi connectivity index (χ4v) is 2.09. The Morgan fingerprint density at radius 2 is 1.77 bits per heavy atom. The minimum absolute atomic E-state index is 0.00282. The lowest BCUT2D eigenvalue weighted by atomic mass is 10.2. The number of hydrogen-bond acceptors (Lipinski definition) is 6. The van der Waals surface area contributed by atoms with Gasteiger partial charge < -0.3 is 10.1 Å². The van der Waals surface area contributed by atoms with E-state index in [0.29, 0.717) is 5.56 Å². The Balaban J connectivity index is 2.15. The Kier molecular flexibility index (Phi) is 5.45. The Hall–Kier alpha value is -3.56. The smallest absolute Gasteiger partial charge is 0.311 e. The number of nitro benzene ring substituents is 2. The van der Waals surface area contributed by atoms with E-state index >= 15 is 0 Å². The predicted molar refractivity (Wildman–Crippen MR) is 89.6 cm³/mol. The van der Waals surface area contributed by atoms with Gasteiger partial charge in [0.15, 0.2) is 11.9 Å². The van der Waals surface area contributed by atoms with Crippen LogP contribution >= 0.6 is 0 Å². The summed E-state index contributed by atoms with van der Waals surface area (Å²) < 4.78 is 18.6. The molecule has 1 amide bonds. The van der Waals surface area contributed by atoms with E-state index in [1.807, 2.05) is 0 Å². The third-order valence-corrected chi connectivity index (χ3v) is 3.39. The van der Waals surface area contributed by atoms with Crippen molar-refractivity contribution in [1.82, 2.24) is 0 Å². The number of hydrogen-bond donors (Lipinski definition) is 1. The highest BCUT2D eigenvalue weighted by Crippen LogP contribution is 2.29. The zero-order valence-electron chi connectivity index (χ0n) is 13.8. The van der Waals surface area contributed by atoms with Gasteiger partial charge in [-0.3, -0.25) is 25.0 Å². The van der Waals surface area contributed by atoms with Crippen molar-refractivity contribution < 1.29 is 23.8 Å². The van der Waals surface area contributed by atoms with Gasteiger partial charge in [0, 0.05) is 17.8 Å². The van der Waals surface area contributed by atoms with Crippen molar-refractivity contribution in [1.29, 1.82) is 0 Å². The van der Waals surface area contributed by atoms with E-state index in [-0.39, 0.29) is 17.1 Å². The first-order valence-electron chi connectivity index (χ1n) is 7.35. The van der Waals surface area contributed by atoms with Gasteiger partial charge in [0.25, 0.3) is 5.91 Å². The molecule has 0 aromatic heterocycles. The molecule has 1 N–H and O–H groups in total. The number of aryl methyl sites for hydroxylation is 1. The van der Waals surface area contributed by atoms with Crippen molar-refractivity contribution in [2.24, 2.45) is 0 Å². The van der Waals surface area contributed by atoms with Gasteiger partial charge in [-0.15, -0.1) is 0 Å². The molecule has 0 aliphatic rings. The van der Waals surface area contributed by atoms with Gasteiger partial charge >= 0.3 is 11.4 Å². The van der Waals surface area contributed by atoms with Crippen LogP contribution in [-0.2, 0) is 4.79 Å². The molecule has 9 nitrogen and oxygen atoms in total. The molecule has 10 heteroatoms. The second kappa shape index (κ2) is 7.55. The van der Waals surface area contributed by atoms with Gasteiger partial charge in [0.1, 0.15) is 0 Å². The Morgan fingerprint density at radius 1 is 1.12 bits per heavy atom. The van der Waals surface area contributed by atoms with Crippen LogP contribution in [0.2, 0.25) is 0 Å². The first-order chi connectivity index (χ1) is 12.2. The van der Waals surface area contributed by atoms with Crippen LogP contribution in [0.1, 0.15) is 12.5 Å². The zero-order valence-corrected chi connectivity index (χ0v) is 13.8. The van der Waals surface area contributed by atoms with E-state index in [0.717, 1.165) is 18.2 Å². The van der Waals surface area contributed by atoms with Crippen LogP contribution in [0.25, 0.3) is 0 Å². The van der Waals surface area contributed by atoms with Crippen molar-refractivity contribution in [2.75, 3.05) is 5.32 Å². The average molecular weight is 363 g/mol. The standard InChI is InChI=1S/C16H14FN3O6/c1-9-3-6-15(14(7-9)20(24)25)26-10(2)16(21)18-11-4-5-12(17)13(8-11)19(22)23/h3-8,10H,1-2H3,(H,18,21)/t10-/m0/s1. The molecule has 2 aromatic carbocycles. The van der Waals surface area contributed by atoms with Crippen molar-refractivity contribution in [2.45, 2.75) is 20.0 Å². The fourth-order valence-electron chi connectivity index (χ4n) is 2.09. The van der Waals surface area contributed by atoms with Crippen LogP contribution in [-0.4, -0.2) is 21.9 Å². The molecule has 0 aliphatic heterocycles. The minimum atomic E-state index is -1.14. The van der Waals surface area contributed by atoms with Crippen molar-refractivity contribution in [3.05, 3.63) is 68.0 Å². The van der Waals surface area contributed by atoms with Crippen LogP contribution in [0.4, 0.5) is 21.5 Å². The first-order valence-corrected chi connectivity index (χ1v) is 7.35. The number of rotatable bonds is 6. The summed E-state index contributed by atoms with van der Waals surface area (Å²) >= 11 is 0. The molecule has 26 heavy (non-hydrogen) atoms. The Bertz CT molecular complexity index is 886. The molecule has 0 aliphatic carbocycles. The van der Waals surface area contributed by atoms with E-state index in [1.165, 1.54) is 19.1 Å². The van der Waals surface area contributed by atoms with Crippen LogP contribution in [0.3, 0.4) is 0 Å². The van der Waals surface area contributed by atoms with E-state index in [4.69, 9.17) is 4.74 Å². The molecule has 136 valence electrons. The summed E-state index contributed by atoms with van der Waals surface area (Å²) in [6.07, 6.45) is -1.14. The van der Waals surface area contributed by atoms with Gasteiger partial charge in [-0.05, 0) is 37.6 Å². The molecule has 0 spiro atoms. The van der Waals surface area contributed by atoms with Gasteiger partial charge in [-0.1, -0.05) is 6.07 Å². The maximum atomic E-state index is 13.3. The molecule has 2 aromatic rings. The van der Waals surface area contributed by atoms with E-state index in [9.17, 15) is 29.4 Å². The molecular formula is C16H14FN3O6. The Morgan fingerprint density at radius 3 is 2.38 bits per heavy atom. The molecule has 0 radical (unpaired) electrons. The summed E-state index contributed by atoms with van der Waals surface area (Å²) in [6.45, 7) is 3.03. The third kappa shape index (κ3) is 4.29. The predicted octanol–water partition coefficient (Wildman–Crippen LogP) is 3.36. The Labute approximate surface area is 146 Å². The number of benzene rings is 2. The highest BCUT2D eigenvalue weighted by atomic mass is 19.1. The van der Waals surface area contributed by atoms with Crippen molar-refractivity contribution >= 4 is 23.0 Å². The number of carbonyl (C=O) groups excluding carboxylic acids is 1. The third-order valence-electron chi connectivity index (χ3n) is 3.39. The fraction of sp³-hybridized carbons (Fsp3) is 0.188. The lowest BCUT2D eigenvalue weighted by Gasteiger charge is -2.15. The van der Waals surface area contributed by atoms with Gasteiger partial charge in [-0.25, -0.2) is 0 Å². The zero-order chi connectivity index (χ0) is 19.4. The van der Waals surface area contributed by atoms with Crippen molar-refractivity contribution in [3.63, 3.8) is 0 Å². The monoisotopic (exact) mass is 363 g/mol. The number of nitrogens with one attached hydrogen (secondary N) is 1. The lowest BCUT2D eigenvalue weighted by Crippen LogP contribution is -2.30. The van der Waals surface area contributed by atoms with Gasteiger partial charge in [-0.2, -0.15) is 4.39 Å². The van der Waals surface area contributed by atoms with Crippen LogP contribution in [0, 0.1) is 33.0 Å². The largest absolute Gasteiger partial charge is 0.474 e. The van der Waals surface area contributed by atoms with Crippen molar-refractivity contribution in [3.8, 4) is 5.75 Å². The summed E-state index contributed by atoms with van der Waals surface area (Å²) in [7, 11) is 0. The van der Waals surface area contributed by atoms with E-state index in [1.54, 1.807) is 13.0 Å². The summed E-state index contributed by atoms with van der Waals surface area (Å²) in [5.41, 5.74) is -0.427. The summed E-state index contributed by atoms with van der Waals surface area (Å²) in [4.78, 5) is 32.4. The molecule has 0 saturated carbocycles. The van der Waals surface area contributed by atoms with E-state index < -0.39 is 33.4 Å². The SMILES string of the molecule is Cc1ccc(O[C@@H](C)C(=O)Nc2ccc(F)c([N+](=O)[O-])c2)c([N+](=O)[O-])c1. The maximum Gasteiger partial charge on any atom is 0.311 e. The number of halogens is 1. The van der Waals surface area contributed by atoms with E-state index in [2.05, 4.69) is 5.32 Å². The van der Waals surface area contributed by atoms with Crippen LogP contribution < -0.4 is 10.1 Å². The van der Waals surface area contributed by atoms with Crippen LogP contribution in [0.5, 0.6) is 5.75 Å². The lowest BCUT2D eigenvalue weighted by molar-refractivity contribution is -0.387.